The maximum absolute atomic E-state index is 12.0. The number of ketones is 1. The number of benzene rings is 2. The van der Waals surface area contributed by atoms with Gasteiger partial charge in [0.25, 0.3) is 0 Å². The summed E-state index contributed by atoms with van der Waals surface area (Å²) in [5.74, 6) is 0.199. The molecular weight excluding hydrogens is 256 g/mol. The van der Waals surface area contributed by atoms with E-state index in [1.807, 2.05) is 60.7 Å². The first-order valence-electron chi connectivity index (χ1n) is 8.73. The molecule has 0 heterocycles. The van der Waals surface area contributed by atoms with Crippen LogP contribution in [-0.2, 0) is 6.37 Å². The second kappa shape index (κ2) is 9.12. The molecule has 0 aromatic heterocycles. The van der Waals surface area contributed by atoms with Gasteiger partial charge in [-0.3, -0.25) is 4.79 Å². The minimum absolute atomic E-state index is 0.199. The van der Waals surface area contributed by atoms with Gasteiger partial charge in [-0.25, -0.2) is 0 Å². The van der Waals surface area contributed by atoms with Crippen molar-refractivity contribution >= 4 is 5.78 Å². The van der Waals surface area contributed by atoms with Crippen LogP contribution in [0.4, 0.5) is 0 Å². The average molecular weight is 282 g/mol. The van der Waals surface area contributed by atoms with Crippen molar-refractivity contribution in [1.29, 1.82) is 0 Å². The normalized spacial score (nSPS) is 12.6. The maximum Gasteiger partial charge on any atom is 0.162 e. The van der Waals surface area contributed by atoms with Crippen LogP contribution in [0.3, 0.4) is 0 Å². The van der Waals surface area contributed by atoms with Crippen LogP contribution >= 0.6 is 0 Å². The largest absolute Gasteiger partial charge is 0.294 e. The van der Waals surface area contributed by atoms with Gasteiger partial charge >= 0.3 is 0 Å². The SMILES string of the molecule is [2H]C([2H])(CCCCCCC(=O)c1ccccc1)c1ccccc1. The molecule has 1 nitrogen and oxygen atoms in total. The molecule has 0 spiro atoms. The van der Waals surface area contributed by atoms with Gasteiger partial charge in [0.1, 0.15) is 0 Å². The molecule has 0 saturated carbocycles. The molecule has 21 heavy (non-hydrogen) atoms. The minimum atomic E-state index is -1.26. The summed E-state index contributed by atoms with van der Waals surface area (Å²) in [7, 11) is 0. The van der Waals surface area contributed by atoms with E-state index in [2.05, 4.69) is 0 Å². The number of Topliss-reactive ketones (excluding diaryl/α,β-unsaturated/α-hetero) is 1. The Balaban J connectivity index is 1.63. The van der Waals surface area contributed by atoms with Crippen molar-refractivity contribution in [2.75, 3.05) is 0 Å². The van der Waals surface area contributed by atoms with Crippen LogP contribution in [-0.4, -0.2) is 5.78 Å². The molecule has 0 amide bonds. The Hall–Kier alpha value is -1.89. The van der Waals surface area contributed by atoms with Gasteiger partial charge in [0.15, 0.2) is 5.78 Å². The molecule has 2 aromatic carbocycles. The number of aryl methyl sites for hydroxylation is 1. The zero-order chi connectivity index (χ0) is 16.5. The van der Waals surface area contributed by atoms with Crippen LogP contribution in [0, 0.1) is 0 Å². The summed E-state index contributed by atoms with van der Waals surface area (Å²) in [6.45, 7) is 0. The summed E-state index contributed by atoms with van der Waals surface area (Å²) < 4.78 is 16.3. The molecule has 2 rings (SSSR count). The lowest BCUT2D eigenvalue weighted by Crippen LogP contribution is -1.98. The van der Waals surface area contributed by atoms with E-state index in [0.29, 0.717) is 12.8 Å². The highest BCUT2D eigenvalue weighted by molar-refractivity contribution is 5.95. The smallest absolute Gasteiger partial charge is 0.162 e. The van der Waals surface area contributed by atoms with E-state index in [1.165, 1.54) is 0 Å². The Morgan fingerprint density at radius 2 is 1.33 bits per heavy atom. The highest BCUT2D eigenvalue weighted by Gasteiger charge is 2.03. The van der Waals surface area contributed by atoms with E-state index in [1.54, 1.807) is 0 Å². The molecule has 0 fully saturated rings. The molecule has 110 valence electrons. The Morgan fingerprint density at radius 3 is 2.05 bits per heavy atom. The summed E-state index contributed by atoms with van der Waals surface area (Å²) in [5.41, 5.74) is 1.53. The van der Waals surface area contributed by atoms with Crippen molar-refractivity contribution < 1.29 is 7.54 Å². The van der Waals surface area contributed by atoms with Crippen LogP contribution < -0.4 is 0 Å². The fraction of sp³-hybridized carbons (Fsp3) is 0.350. The van der Waals surface area contributed by atoms with E-state index < -0.39 is 6.37 Å². The van der Waals surface area contributed by atoms with Crippen molar-refractivity contribution in [2.24, 2.45) is 0 Å². The third-order valence-electron chi connectivity index (χ3n) is 3.53. The second-order valence-electron chi connectivity index (χ2n) is 5.25. The Bertz CT molecular complexity index is 594. The zero-order valence-electron chi connectivity index (χ0n) is 14.4. The van der Waals surface area contributed by atoms with E-state index >= 15 is 0 Å². The summed E-state index contributed by atoms with van der Waals surface area (Å²) >= 11 is 0. The molecule has 0 bridgehead atoms. The highest BCUT2D eigenvalue weighted by Crippen LogP contribution is 2.12. The number of carbonyl (C=O) groups is 1. The molecule has 0 unspecified atom stereocenters. The van der Waals surface area contributed by atoms with Gasteiger partial charge in [0.2, 0.25) is 0 Å². The molecular formula is C20H24O. The molecule has 0 atom stereocenters. The summed E-state index contributed by atoms with van der Waals surface area (Å²) in [6, 6.07) is 18.8. The van der Waals surface area contributed by atoms with Crippen LogP contribution in [0.15, 0.2) is 60.7 Å². The van der Waals surface area contributed by atoms with E-state index in [4.69, 9.17) is 2.74 Å². The van der Waals surface area contributed by atoms with Gasteiger partial charge in [-0.2, -0.15) is 0 Å². The average Bonchev–Trinajstić information content (AvgIpc) is 2.59. The van der Waals surface area contributed by atoms with Gasteiger partial charge in [0.05, 0.1) is 0 Å². The molecule has 0 aliphatic carbocycles. The molecule has 0 aliphatic rings. The van der Waals surface area contributed by atoms with E-state index in [9.17, 15) is 4.79 Å². The Kier molecular flexibility index (Phi) is 5.57. The first-order valence-corrected chi connectivity index (χ1v) is 7.73. The van der Waals surface area contributed by atoms with Crippen molar-refractivity contribution in [3.63, 3.8) is 0 Å². The van der Waals surface area contributed by atoms with Crippen molar-refractivity contribution in [2.45, 2.75) is 44.9 Å². The lowest BCUT2D eigenvalue weighted by Gasteiger charge is -2.03. The van der Waals surface area contributed by atoms with E-state index in [-0.39, 0.29) is 5.78 Å². The first kappa shape index (κ1) is 12.8. The van der Waals surface area contributed by atoms with Crippen LogP contribution in [0.1, 0.15) is 57.2 Å². The maximum atomic E-state index is 12.0. The zero-order valence-corrected chi connectivity index (χ0v) is 12.4. The van der Waals surface area contributed by atoms with Crippen molar-refractivity contribution in [1.82, 2.24) is 0 Å². The van der Waals surface area contributed by atoms with Gasteiger partial charge in [0, 0.05) is 14.7 Å². The minimum Gasteiger partial charge on any atom is -0.294 e. The molecule has 0 radical (unpaired) electrons. The molecule has 1 heteroatoms. The monoisotopic (exact) mass is 282 g/mol. The third-order valence-corrected chi connectivity index (χ3v) is 3.53. The fourth-order valence-corrected chi connectivity index (χ4v) is 2.32. The standard InChI is InChI=1S/C20H24O/c21-20(19-15-9-5-10-16-19)17-11-3-1-2-6-12-18-13-7-4-8-14-18/h4-5,7-10,13-16H,1-3,6,11-12,17H2/i12D2. The summed E-state index contributed by atoms with van der Waals surface area (Å²) in [5, 5.41) is 0. The van der Waals surface area contributed by atoms with E-state index in [0.717, 1.165) is 36.8 Å². The quantitative estimate of drug-likeness (QED) is 0.441. The second-order valence-corrected chi connectivity index (χ2v) is 5.25. The third kappa shape index (κ3) is 5.95. The van der Waals surface area contributed by atoms with Gasteiger partial charge in [-0.15, -0.1) is 0 Å². The first-order chi connectivity index (χ1) is 11.1. The van der Waals surface area contributed by atoms with Gasteiger partial charge < -0.3 is 0 Å². The predicted molar refractivity (Wildman–Crippen MR) is 88.6 cm³/mol. The summed E-state index contributed by atoms with van der Waals surface area (Å²) in [6.07, 6.45) is 3.52. The van der Waals surface area contributed by atoms with Gasteiger partial charge in [-0.05, 0) is 24.8 Å². The van der Waals surface area contributed by atoms with Crippen LogP contribution in [0.5, 0.6) is 0 Å². The molecule has 0 saturated heterocycles. The topological polar surface area (TPSA) is 17.1 Å². The lowest BCUT2D eigenvalue weighted by atomic mass is 10.0. The van der Waals surface area contributed by atoms with Crippen molar-refractivity contribution in [3.05, 3.63) is 71.8 Å². The van der Waals surface area contributed by atoms with Crippen LogP contribution in [0.25, 0.3) is 0 Å². The predicted octanol–water partition coefficient (Wildman–Crippen LogP) is 5.45. The molecule has 0 N–H and O–H groups in total. The number of hydrogen-bond donors (Lipinski definition) is 0. The molecule has 0 aliphatic heterocycles. The summed E-state index contributed by atoms with van der Waals surface area (Å²) in [4.78, 5) is 12.0. The molecule has 2 aromatic rings. The van der Waals surface area contributed by atoms with Gasteiger partial charge in [-0.1, -0.05) is 79.9 Å². The Morgan fingerprint density at radius 1 is 0.762 bits per heavy atom. The van der Waals surface area contributed by atoms with Crippen LogP contribution in [0.2, 0.25) is 0 Å². The lowest BCUT2D eigenvalue weighted by molar-refractivity contribution is 0.0979. The number of carbonyl (C=O) groups excluding carboxylic acids is 1. The Labute approximate surface area is 130 Å². The number of hydrogen-bond acceptors (Lipinski definition) is 1. The highest BCUT2D eigenvalue weighted by atomic mass is 16.1. The fourth-order valence-electron chi connectivity index (χ4n) is 2.32. The number of rotatable bonds is 9. The van der Waals surface area contributed by atoms with Crippen molar-refractivity contribution in [3.8, 4) is 0 Å². The number of unbranched alkanes of at least 4 members (excludes halogenated alkanes) is 3.